The Kier molecular flexibility index (Phi) is 5.41. The lowest BCUT2D eigenvalue weighted by Crippen LogP contribution is -2.29. The van der Waals surface area contributed by atoms with Gasteiger partial charge in [-0.05, 0) is 43.0 Å². The number of halogens is 1. The lowest BCUT2D eigenvalue weighted by molar-refractivity contribution is 0.169. The maximum Gasteiger partial charge on any atom is 0.123 e. The van der Waals surface area contributed by atoms with Gasteiger partial charge in [-0.3, -0.25) is 9.58 Å². The third-order valence-electron chi connectivity index (χ3n) is 4.46. The molecule has 0 amide bonds. The Morgan fingerprint density at radius 2 is 1.96 bits per heavy atom. The van der Waals surface area contributed by atoms with Gasteiger partial charge in [-0.25, -0.2) is 4.39 Å². The predicted octanol–water partition coefficient (Wildman–Crippen LogP) is 2.66. The van der Waals surface area contributed by atoms with Crippen LogP contribution < -0.4 is 0 Å². The van der Waals surface area contributed by atoms with E-state index in [1.165, 1.54) is 30.5 Å². The molecule has 0 aliphatic carbocycles. The molecule has 1 aliphatic rings. The maximum absolute atomic E-state index is 12.9. The van der Waals surface area contributed by atoms with Gasteiger partial charge in [-0.1, -0.05) is 18.6 Å². The molecule has 0 bridgehead atoms. The van der Waals surface area contributed by atoms with E-state index in [2.05, 4.69) is 16.2 Å². The molecule has 23 heavy (non-hydrogen) atoms. The molecule has 5 heteroatoms. The Morgan fingerprint density at radius 1 is 1.13 bits per heavy atom. The van der Waals surface area contributed by atoms with Crippen molar-refractivity contribution in [3.63, 3.8) is 0 Å². The van der Waals surface area contributed by atoms with Crippen molar-refractivity contribution in [1.82, 2.24) is 14.7 Å². The van der Waals surface area contributed by atoms with Gasteiger partial charge in [0.2, 0.25) is 0 Å². The minimum atomic E-state index is -0.213. The van der Waals surface area contributed by atoms with Crippen LogP contribution in [0.2, 0.25) is 0 Å². The van der Waals surface area contributed by atoms with Gasteiger partial charge in [0.05, 0.1) is 12.7 Å². The van der Waals surface area contributed by atoms with Crippen molar-refractivity contribution < 1.29 is 9.50 Å². The molecule has 124 valence electrons. The number of likely N-dealkylation sites (tertiary alicyclic amines) is 1. The largest absolute Gasteiger partial charge is 0.396 e. The molecule has 1 aliphatic heterocycles. The van der Waals surface area contributed by atoms with Gasteiger partial charge in [0, 0.05) is 31.5 Å². The van der Waals surface area contributed by atoms with Crippen LogP contribution in [-0.4, -0.2) is 39.5 Å². The summed E-state index contributed by atoms with van der Waals surface area (Å²) in [7, 11) is 0. The summed E-state index contributed by atoms with van der Waals surface area (Å²) in [6.07, 6.45) is 7.48. The van der Waals surface area contributed by atoms with Crippen molar-refractivity contribution in [2.24, 2.45) is 5.92 Å². The van der Waals surface area contributed by atoms with E-state index in [1.54, 1.807) is 12.1 Å². The number of hydrogen-bond donors (Lipinski definition) is 1. The normalized spacial score (nSPS) is 19.7. The molecule has 0 radical (unpaired) electrons. The van der Waals surface area contributed by atoms with Crippen LogP contribution in [0.4, 0.5) is 4.39 Å². The minimum absolute atomic E-state index is 0.213. The lowest BCUT2D eigenvalue weighted by Gasteiger charge is -2.22. The second kappa shape index (κ2) is 7.70. The molecule has 1 N–H and O–H groups in total. The van der Waals surface area contributed by atoms with Gasteiger partial charge in [-0.2, -0.15) is 5.10 Å². The van der Waals surface area contributed by atoms with Crippen LogP contribution in [0.25, 0.3) is 0 Å². The van der Waals surface area contributed by atoms with Gasteiger partial charge in [0.1, 0.15) is 5.82 Å². The fourth-order valence-electron chi connectivity index (χ4n) is 3.22. The fraction of sp³-hybridized carbons (Fsp3) is 0.500. The van der Waals surface area contributed by atoms with Gasteiger partial charge in [-0.15, -0.1) is 0 Å². The summed E-state index contributed by atoms with van der Waals surface area (Å²) in [5.41, 5.74) is 2.22. The highest BCUT2D eigenvalue weighted by Gasteiger charge is 2.18. The topological polar surface area (TPSA) is 41.3 Å². The molecule has 1 atom stereocenters. The van der Waals surface area contributed by atoms with E-state index in [0.29, 0.717) is 12.5 Å². The van der Waals surface area contributed by atoms with E-state index in [1.807, 2.05) is 10.9 Å². The Balaban J connectivity index is 1.59. The van der Waals surface area contributed by atoms with Crippen LogP contribution in [0.1, 0.15) is 30.4 Å². The fourth-order valence-corrected chi connectivity index (χ4v) is 3.22. The molecule has 2 heterocycles. The summed E-state index contributed by atoms with van der Waals surface area (Å²) >= 11 is 0. The Morgan fingerprint density at radius 3 is 2.74 bits per heavy atom. The highest BCUT2D eigenvalue weighted by molar-refractivity contribution is 5.16. The van der Waals surface area contributed by atoms with Crippen molar-refractivity contribution in [3.8, 4) is 0 Å². The maximum atomic E-state index is 12.9. The molecule has 1 fully saturated rings. The molecule has 1 unspecified atom stereocenters. The molecule has 2 aromatic rings. The quantitative estimate of drug-likeness (QED) is 0.922. The third-order valence-corrected chi connectivity index (χ3v) is 4.46. The van der Waals surface area contributed by atoms with E-state index >= 15 is 0 Å². The average Bonchev–Trinajstić information content (AvgIpc) is 2.85. The first-order valence-electron chi connectivity index (χ1n) is 8.32. The zero-order valence-electron chi connectivity index (χ0n) is 13.4. The SMILES string of the molecule is OCC1CCCCN(Cc2cnn(Cc3ccc(F)cc3)c2)C1. The number of aliphatic hydroxyl groups excluding tert-OH is 1. The number of benzene rings is 1. The molecule has 0 spiro atoms. The molecule has 1 aromatic carbocycles. The van der Waals surface area contributed by atoms with Gasteiger partial charge in [0.15, 0.2) is 0 Å². The van der Waals surface area contributed by atoms with Crippen molar-refractivity contribution in [3.05, 3.63) is 53.6 Å². The number of hydrogen-bond acceptors (Lipinski definition) is 3. The van der Waals surface area contributed by atoms with Crippen molar-refractivity contribution in [1.29, 1.82) is 0 Å². The zero-order valence-corrected chi connectivity index (χ0v) is 13.4. The third kappa shape index (κ3) is 4.62. The van der Waals surface area contributed by atoms with E-state index in [-0.39, 0.29) is 12.4 Å². The number of nitrogens with zero attached hydrogens (tertiary/aromatic N) is 3. The molecular weight excluding hydrogens is 293 g/mol. The molecule has 4 nitrogen and oxygen atoms in total. The summed E-state index contributed by atoms with van der Waals surface area (Å²) in [4.78, 5) is 2.41. The first-order valence-corrected chi connectivity index (χ1v) is 8.32. The molecule has 1 aromatic heterocycles. The van der Waals surface area contributed by atoms with E-state index in [0.717, 1.165) is 31.6 Å². The van der Waals surface area contributed by atoms with Crippen LogP contribution in [-0.2, 0) is 13.1 Å². The van der Waals surface area contributed by atoms with Crippen molar-refractivity contribution in [2.45, 2.75) is 32.4 Å². The van der Waals surface area contributed by atoms with Crippen LogP contribution in [0.15, 0.2) is 36.7 Å². The smallest absolute Gasteiger partial charge is 0.123 e. The predicted molar refractivity (Wildman–Crippen MR) is 87.4 cm³/mol. The summed E-state index contributed by atoms with van der Waals surface area (Å²) in [5.74, 6) is 0.182. The van der Waals surface area contributed by atoms with Crippen LogP contribution >= 0.6 is 0 Å². The van der Waals surface area contributed by atoms with E-state index in [4.69, 9.17) is 0 Å². The lowest BCUT2D eigenvalue weighted by atomic mass is 10.1. The van der Waals surface area contributed by atoms with E-state index < -0.39 is 0 Å². The first kappa shape index (κ1) is 16.1. The highest BCUT2D eigenvalue weighted by atomic mass is 19.1. The number of aliphatic hydroxyl groups is 1. The second-order valence-corrected chi connectivity index (χ2v) is 6.45. The van der Waals surface area contributed by atoms with Crippen LogP contribution in [0.5, 0.6) is 0 Å². The number of aromatic nitrogens is 2. The summed E-state index contributed by atoms with van der Waals surface area (Å²) in [6, 6.07) is 6.53. The zero-order chi connectivity index (χ0) is 16.1. The van der Waals surface area contributed by atoms with Gasteiger partial charge < -0.3 is 5.11 Å². The van der Waals surface area contributed by atoms with Crippen molar-refractivity contribution >= 4 is 0 Å². The highest BCUT2D eigenvalue weighted by Crippen LogP contribution is 2.18. The van der Waals surface area contributed by atoms with Crippen LogP contribution in [0, 0.1) is 11.7 Å². The minimum Gasteiger partial charge on any atom is -0.396 e. The Hall–Kier alpha value is -1.72. The van der Waals surface area contributed by atoms with Gasteiger partial charge in [0.25, 0.3) is 0 Å². The average molecular weight is 317 g/mol. The number of rotatable bonds is 5. The summed E-state index contributed by atoms with van der Waals surface area (Å²) in [6.45, 7) is 3.85. The van der Waals surface area contributed by atoms with Crippen LogP contribution in [0.3, 0.4) is 0 Å². The Bertz CT molecular complexity index is 611. The monoisotopic (exact) mass is 317 g/mol. The molecule has 0 saturated carbocycles. The first-order chi connectivity index (χ1) is 11.2. The molecule has 3 rings (SSSR count). The van der Waals surface area contributed by atoms with E-state index in [9.17, 15) is 9.50 Å². The Labute approximate surface area is 136 Å². The standard InChI is InChI=1S/C18H24FN3O/c19-18-6-4-15(5-7-18)12-22-13-17(9-20-22)11-21-8-2-1-3-16(10-21)14-23/h4-7,9,13,16,23H,1-3,8,10-12,14H2. The summed E-state index contributed by atoms with van der Waals surface area (Å²) in [5, 5.41) is 13.8. The van der Waals surface area contributed by atoms with Crippen molar-refractivity contribution in [2.75, 3.05) is 19.7 Å². The summed E-state index contributed by atoms with van der Waals surface area (Å²) < 4.78 is 14.8. The second-order valence-electron chi connectivity index (χ2n) is 6.45. The molecule has 1 saturated heterocycles. The molecular formula is C18H24FN3O. The van der Waals surface area contributed by atoms with Gasteiger partial charge >= 0.3 is 0 Å².